The van der Waals surface area contributed by atoms with Crippen LogP contribution in [-0.2, 0) is 9.59 Å². The first kappa shape index (κ1) is 20.8. The van der Waals surface area contributed by atoms with Crippen molar-refractivity contribution in [1.29, 1.82) is 0 Å². The molecule has 2 aromatic carbocycles. The van der Waals surface area contributed by atoms with Gasteiger partial charge in [0.2, 0.25) is 11.8 Å². The van der Waals surface area contributed by atoms with Gasteiger partial charge in [0, 0.05) is 16.4 Å². The van der Waals surface area contributed by atoms with Crippen LogP contribution in [-0.4, -0.2) is 17.9 Å². The monoisotopic (exact) mass is 388 g/mol. The molecule has 0 spiro atoms. The van der Waals surface area contributed by atoms with Gasteiger partial charge in [-0.25, -0.2) is 0 Å². The maximum atomic E-state index is 12.7. The number of hydrogen-bond donors (Lipinski definition) is 2. The fourth-order valence-electron chi connectivity index (χ4n) is 2.30. The van der Waals surface area contributed by atoms with Crippen LogP contribution in [0.4, 0.5) is 11.4 Å². The Morgan fingerprint density at radius 3 is 2.19 bits per heavy atom. The predicted octanol–water partition coefficient (Wildman–Crippen LogP) is 5.04. The lowest BCUT2D eigenvalue weighted by atomic mass is 9.90. The molecule has 0 radical (unpaired) electrons. The highest BCUT2D eigenvalue weighted by Gasteiger charge is 2.36. The third kappa shape index (κ3) is 5.23. The SMILES string of the molecule is Cc1c(Cl)cccc1NC(=O)C(C)(C)C(=O)Nc1ccc(OC(C)C)cc1. The number of ether oxygens (including phenoxy) is 1. The van der Waals surface area contributed by atoms with E-state index >= 15 is 0 Å². The van der Waals surface area contributed by atoms with Crippen molar-refractivity contribution in [2.75, 3.05) is 10.6 Å². The molecule has 6 heteroatoms. The smallest absolute Gasteiger partial charge is 0.239 e. The molecule has 2 rings (SSSR count). The molecule has 0 aliphatic carbocycles. The van der Waals surface area contributed by atoms with Gasteiger partial charge in [-0.3, -0.25) is 9.59 Å². The van der Waals surface area contributed by atoms with E-state index in [0.29, 0.717) is 16.4 Å². The lowest BCUT2D eigenvalue weighted by molar-refractivity contribution is -0.135. The van der Waals surface area contributed by atoms with Crippen LogP contribution in [0.15, 0.2) is 42.5 Å². The molecule has 0 bridgehead atoms. The third-order valence-electron chi connectivity index (χ3n) is 4.14. The molecule has 0 unspecified atom stereocenters. The fraction of sp³-hybridized carbons (Fsp3) is 0.333. The van der Waals surface area contributed by atoms with Crippen LogP contribution in [0.5, 0.6) is 5.75 Å². The summed E-state index contributed by atoms with van der Waals surface area (Å²) < 4.78 is 5.58. The Labute approximate surface area is 165 Å². The normalized spacial score (nSPS) is 11.2. The molecule has 2 N–H and O–H groups in total. The summed E-state index contributed by atoms with van der Waals surface area (Å²) in [7, 11) is 0. The second kappa shape index (κ2) is 8.44. The summed E-state index contributed by atoms with van der Waals surface area (Å²) in [6.45, 7) is 8.85. The molecule has 0 atom stereocenters. The van der Waals surface area contributed by atoms with Crippen molar-refractivity contribution in [2.45, 2.75) is 40.7 Å². The van der Waals surface area contributed by atoms with Crippen molar-refractivity contribution in [3.05, 3.63) is 53.1 Å². The van der Waals surface area contributed by atoms with Crippen LogP contribution in [0.2, 0.25) is 5.02 Å². The number of carbonyl (C=O) groups is 2. The van der Waals surface area contributed by atoms with E-state index in [1.54, 1.807) is 56.3 Å². The molecule has 5 nitrogen and oxygen atoms in total. The Morgan fingerprint density at radius 2 is 1.59 bits per heavy atom. The summed E-state index contributed by atoms with van der Waals surface area (Å²) >= 11 is 6.08. The summed E-state index contributed by atoms with van der Waals surface area (Å²) in [5, 5.41) is 6.11. The Hall–Kier alpha value is -2.53. The van der Waals surface area contributed by atoms with Gasteiger partial charge in [0.25, 0.3) is 0 Å². The molecule has 0 fully saturated rings. The van der Waals surface area contributed by atoms with E-state index in [1.807, 2.05) is 20.8 Å². The lowest BCUT2D eigenvalue weighted by Crippen LogP contribution is -2.41. The van der Waals surface area contributed by atoms with Crippen molar-refractivity contribution in [2.24, 2.45) is 5.41 Å². The van der Waals surface area contributed by atoms with Gasteiger partial charge in [-0.2, -0.15) is 0 Å². The average molecular weight is 389 g/mol. The van der Waals surface area contributed by atoms with Crippen LogP contribution in [0, 0.1) is 12.3 Å². The van der Waals surface area contributed by atoms with E-state index in [1.165, 1.54) is 0 Å². The second-order valence-corrected chi connectivity index (χ2v) is 7.54. The van der Waals surface area contributed by atoms with E-state index in [2.05, 4.69) is 10.6 Å². The van der Waals surface area contributed by atoms with Gasteiger partial charge in [0.15, 0.2) is 0 Å². The molecule has 2 aromatic rings. The van der Waals surface area contributed by atoms with Gasteiger partial charge in [-0.05, 0) is 76.6 Å². The van der Waals surface area contributed by atoms with Gasteiger partial charge in [-0.1, -0.05) is 17.7 Å². The minimum Gasteiger partial charge on any atom is -0.491 e. The van der Waals surface area contributed by atoms with Crippen molar-refractivity contribution in [3.8, 4) is 5.75 Å². The van der Waals surface area contributed by atoms with Crippen LogP contribution in [0.25, 0.3) is 0 Å². The van der Waals surface area contributed by atoms with Crippen LogP contribution in [0.1, 0.15) is 33.3 Å². The molecule has 0 aromatic heterocycles. The van der Waals surface area contributed by atoms with Gasteiger partial charge in [0.05, 0.1) is 6.10 Å². The number of benzene rings is 2. The number of rotatable bonds is 6. The van der Waals surface area contributed by atoms with E-state index < -0.39 is 17.2 Å². The van der Waals surface area contributed by atoms with E-state index in [9.17, 15) is 9.59 Å². The first-order valence-electron chi connectivity index (χ1n) is 8.76. The third-order valence-corrected chi connectivity index (χ3v) is 4.54. The number of hydrogen-bond acceptors (Lipinski definition) is 3. The van der Waals surface area contributed by atoms with Crippen molar-refractivity contribution >= 4 is 34.8 Å². The molecule has 0 aliphatic heterocycles. The number of carbonyl (C=O) groups excluding carboxylic acids is 2. The largest absolute Gasteiger partial charge is 0.491 e. The standard InChI is InChI=1S/C21H25ClN2O3/c1-13(2)27-16-11-9-15(10-12-16)23-19(25)21(4,5)20(26)24-18-8-6-7-17(22)14(18)3/h6-13H,1-5H3,(H,23,25)(H,24,26). The van der Waals surface area contributed by atoms with Crippen molar-refractivity contribution < 1.29 is 14.3 Å². The lowest BCUT2D eigenvalue weighted by Gasteiger charge is -2.23. The first-order chi connectivity index (χ1) is 12.6. The quantitative estimate of drug-likeness (QED) is 0.681. The van der Waals surface area contributed by atoms with Crippen LogP contribution in [0.3, 0.4) is 0 Å². The Bertz CT molecular complexity index is 830. The Morgan fingerprint density at radius 1 is 1.00 bits per heavy atom. The molecular weight excluding hydrogens is 364 g/mol. The Balaban J connectivity index is 2.07. The zero-order valence-corrected chi connectivity index (χ0v) is 17.0. The van der Waals surface area contributed by atoms with Gasteiger partial charge in [0.1, 0.15) is 11.2 Å². The zero-order chi connectivity index (χ0) is 20.2. The summed E-state index contributed by atoms with van der Waals surface area (Å²) in [6.07, 6.45) is 0.0722. The zero-order valence-electron chi connectivity index (χ0n) is 16.2. The van der Waals surface area contributed by atoms with Crippen molar-refractivity contribution in [1.82, 2.24) is 0 Å². The van der Waals surface area contributed by atoms with Gasteiger partial charge < -0.3 is 15.4 Å². The molecule has 0 aliphatic rings. The van der Waals surface area contributed by atoms with Crippen molar-refractivity contribution in [3.63, 3.8) is 0 Å². The second-order valence-electron chi connectivity index (χ2n) is 7.14. The van der Waals surface area contributed by atoms with Crippen LogP contribution >= 0.6 is 11.6 Å². The highest BCUT2D eigenvalue weighted by Crippen LogP contribution is 2.27. The highest BCUT2D eigenvalue weighted by molar-refractivity contribution is 6.31. The van der Waals surface area contributed by atoms with Gasteiger partial charge in [-0.15, -0.1) is 0 Å². The number of nitrogens with one attached hydrogen (secondary N) is 2. The molecule has 144 valence electrons. The highest BCUT2D eigenvalue weighted by atomic mass is 35.5. The maximum Gasteiger partial charge on any atom is 0.239 e. The maximum absolute atomic E-state index is 12.7. The topological polar surface area (TPSA) is 67.4 Å². The number of amides is 2. The number of halogens is 1. The molecule has 0 saturated heterocycles. The minimum atomic E-state index is -1.28. The molecular formula is C21H25ClN2O3. The molecule has 0 saturated carbocycles. The molecule has 2 amide bonds. The summed E-state index contributed by atoms with van der Waals surface area (Å²) in [5.74, 6) is -0.0984. The average Bonchev–Trinajstić information content (AvgIpc) is 2.60. The fourth-order valence-corrected chi connectivity index (χ4v) is 2.48. The van der Waals surface area contributed by atoms with E-state index in [-0.39, 0.29) is 6.10 Å². The predicted molar refractivity (Wildman–Crippen MR) is 109 cm³/mol. The minimum absolute atomic E-state index is 0.0722. The molecule has 0 heterocycles. The Kier molecular flexibility index (Phi) is 6.50. The van der Waals surface area contributed by atoms with Gasteiger partial charge >= 0.3 is 0 Å². The summed E-state index contributed by atoms with van der Waals surface area (Å²) in [6, 6.07) is 12.3. The van der Waals surface area contributed by atoms with Crippen LogP contribution < -0.4 is 15.4 Å². The van der Waals surface area contributed by atoms with E-state index in [4.69, 9.17) is 16.3 Å². The summed E-state index contributed by atoms with van der Waals surface area (Å²) in [4.78, 5) is 25.3. The number of anilines is 2. The van der Waals surface area contributed by atoms with E-state index in [0.717, 1.165) is 11.3 Å². The molecule has 27 heavy (non-hydrogen) atoms. The first-order valence-corrected chi connectivity index (χ1v) is 9.14. The summed E-state index contributed by atoms with van der Waals surface area (Å²) in [5.41, 5.74) is 0.658.